The molecular weight excluding hydrogens is 202 g/mol. The molecule has 0 aromatic carbocycles. The van der Waals surface area contributed by atoms with Crippen LogP contribution in [0.25, 0.3) is 0 Å². The van der Waals surface area contributed by atoms with Crippen molar-refractivity contribution in [1.29, 1.82) is 0 Å². The zero-order valence-electron chi connectivity index (χ0n) is 7.99. The maximum absolute atomic E-state index is 10.9. The van der Waals surface area contributed by atoms with Gasteiger partial charge in [-0.2, -0.15) is 0 Å². The molecule has 1 rings (SSSR count). The molecule has 0 aliphatic rings. The van der Waals surface area contributed by atoms with Crippen LogP contribution >= 0.6 is 11.3 Å². The maximum Gasteiger partial charge on any atom is 0.257 e. The SMILES string of the molecule is CNC(=O)COc1ccc(C(C)=O)s1. The molecular formula is C9H11NO3S. The number of hydrogen-bond acceptors (Lipinski definition) is 4. The monoisotopic (exact) mass is 213 g/mol. The van der Waals surface area contributed by atoms with Crippen LogP contribution in [0.15, 0.2) is 12.1 Å². The summed E-state index contributed by atoms with van der Waals surface area (Å²) in [5.41, 5.74) is 0. The molecule has 14 heavy (non-hydrogen) atoms. The molecule has 5 heteroatoms. The van der Waals surface area contributed by atoms with E-state index < -0.39 is 0 Å². The minimum Gasteiger partial charge on any atom is -0.474 e. The predicted octanol–water partition coefficient (Wildman–Crippen LogP) is 1.08. The molecule has 76 valence electrons. The maximum atomic E-state index is 10.9. The van der Waals surface area contributed by atoms with E-state index in [1.54, 1.807) is 19.2 Å². The van der Waals surface area contributed by atoms with Crippen LogP contribution in [0.2, 0.25) is 0 Å². The smallest absolute Gasteiger partial charge is 0.257 e. The van der Waals surface area contributed by atoms with Gasteiger partial charge in [-0.15, -0.1) is 0 Å². The first-order valence-corrected chi connectivity index (χ1v) is 4.89. The molecule has 0 atom stereocenters. The van der Waals surface area contributed by atoms with Gasteiger partial charge in [-0.05, 0) is 19.1 Å². The molecule has 0 fully saturated rings. The topological polar surface area (TPSA) is 55.4 Å². The molecule has 1 N–H and O–H groups in total. The van der Waals surface area contributed by atoms with E-state index in [1.165, 1.54) is 18.3 Å². The molecule has 0 radical (unpaired) electrons. The number of likely N-dealkylation sites (N-methyl/N-ethyl adjacent to an activating group) is 1. The number of Topliss-reactive ketones (excluding diaryl/α,β-unsaturated/α-hetero) is 1. The molecule has 0 unspecified atom stereocenters. The van der Waals surface area contributed by atoms with E-state index in [0.29, 0.717) is 9.94 Å². The van der Waals surface area contributed by atoms with Gasteiger partial charge < -0.3 is 10.1 Å². The first-order valence-electron chi connectivity index (χ1n) is 4.07. The van der Waals surface area contributed by atoms with E-state index in [-0.39, 0.29) is 18.3 Å². The van der Waals surface area contributed by atoms with Gasteiger partial charge in [0.15, 0.2) is 17.5 Å². The lowest BCUT2D eigenvalue weighted by atomic mass is 10.4. The summed E-state index contributed by atoms with van der Waals surface area (Å²) >= 11 is 1.24. The summed E-state index contributed by atoms with van der Waals surface area (Å²) in [5.74, 6) is -0.187. The number of thiophene rings is 1. The molecule has 0 saturated heterocycles. The number of carbonyl (C=O) groups is 2. The first-order chi connectivity index (χ1) is 6.63. The van der Waals surface area contributed by atoms with Crippen molar-refractivity contribution in [3.8, 4) is 5.06 Å². The predicted molar refractivity (Wildman–Crippen MR) is 53.9 cm³/mol. The van der Waals surface area contributed by atoms with Crippen LogP contribution in [0.4, 0.5) is 0 Å². The van der Waals surface area contributed by atoms with Crippen LogP contribution in [-0.4, -0.2) is 25.3 Å². The molecule has 0 aliphatic heterocycles. The Labute approximate surface area is 85.9 Å². The third kappa shape index (κ3) is 2.85. The lowest BCUT2D eigenvalue weighted by Crippen LogP contribution is -2.24. The van der Waals surface area contributed by atoms with E-state index in [2.05, 4.69) is 5.32 Å². The normalized spacial score (nSPS) is 9.57. The lowest BCUT2D eigenvalue weighted by molar-refractivity contribution is -0.122. The third-order valence-corrected chi connectivity index (χ3v) is 2.65. The lowest BCUT2D eigenvalue weighted by Gasteiger charge is -2.00. The molecule has 1 aromatic heterocycles. The number of ether oxygens (including phenoxy) is 1. The summed E-state index contributed by atoms with van der Waals surface area (Å²) in [6.07, 6.45) is 0. The Balaban J connectivity index is 2.52. The Bertz CT molecular complexity index is 346. The van der Waals surface area contributed by atoms with E-state index >= 15 is 0 Å². The van der Waals surface area contributed by atoms with Crippen molar-refractivity contribution in [2.45, 2.75) is 6.92 Å². The minimum atomic E-state index is -0.192. The third-order valence-electron chi connectivity index (χ3n) is 1.55. The molecule has 0 bridgehead atoms. The fourth-order valence-electron chi connectivity index (χ4n) is 0.796. The second-order valence-electron chi connectivity index (χ2n) is 2.64. The fraction of sp³-hybridized carbons (Fsp3) is 0.333. The molecule has 0 spiro atoms. The summed E-state index contributed by atoms with van der Waals surface area (Å²) in [4.78, 5) is 22.4. The van der Waals surface area contributed by atoms with Crippen molar-refractivity contribution < 1.29 is 14.3 Å². The Morgan fingerprint density at radius 2 is 2.21 bits per heavy atom. The van der Waals surface area contributed by atoms with Gasteiger partial charge in [-0.3, -0.25) is 9.59 Å². The van der Waals surface area contributed by atoms with E-state index in [1.807, 2.05) is 0 Å². The van der Waals surface area contributed by atoms with Crippen molar-refractivity contribution in [1.82, 2.24) is 5.32 Å². The summed E-state index contributed by atoms with van der Waals surface area (Å²) < 4.78 is 5.14. The van der Waals surface area contributed by atoms with Gasteiger partial charge in [0.1, 0.15) is 0 Å². The number of amides is 1. The van der Waals surface area contributed by atoms with Crippen LogP contribution < -0.4 is 10.1 Å². The summed E-state index contributed by atoms with van der Waals surface area (Å²) in [6.45, 7) is 1.47. The molecule has 1 heterocycles. The summed E-state index contributed by atoms with van der Waals surface area (Å²) in [5, 5.41) is 3.02. The average molecular weight is 213 g/mol. The largest absolute Gasteiger partial charge is 0.474 e. The Morgan fingerprint density at radius 3 is 2.71 bits per heavy atom. The van der Waals surface area contributed by atoms with Crippen molar-refractivity contribution >= 4 is 23.0 Å². The number of carbonyl (C=O) groups excluding carboxylic acids is 2. The highest BCUT2D eigenvalue weighted by Gasteiger charge is 2.06. The van der Waals surface area contributed by atoms with Crippen molar-refractivity contribution in [3.63, 3.8) is 0 Å². The highest BCUT2D eigenvalue weighted by atomic mass is 32.1. The molecule has 1 aromatic rings. The number of rotatable bonds is 4. The molecule has 0 saturated carbocycles. The first kappa shape index (κ1) is 10.7. The number of ketones is 1. The summed E-state index contributed by atoms with van der Waals surface area (Å²) in [7, 11) is 1.54. The second kappa shape index (κ2) is 4.76. The Hall–Kier alpha value is -1.36. The van der Waals surface area contributed by atoms with E-state index in [4.69, 9.17) is 4.74 Å². The van der Waals surface area contributed by atoms with Gasteiger partial charge in [0.2, 0.25) is 0 Å². The molecule has 0 aliphatic carbocycles. The van der Waals surface area contributed by atoms with Crippen molar-refractivity contribution in [3.05, 3.63) is 17.0 Å². The number of nitrogens with one attached hydrogen (secondary N) is 1. The fourth-order valence-corrected chi connectivity index (χ4v) is 1.55. The van der Waals surface area contributed by atoms with Gasteiger partial charge in [0, 0.05) is 7.05 Å². The van der Waals surface area contributed by atoms with Crippen LogP contribution in [0.5, 0.6) is 5.06 Å². The highest BCUT2D eigenvalue weighted by molar-refractivity contribution is 7.15. The standard InChI is InChI=1S/C9H11NO3S/c1-6(11)7-3-4-9(14-7)13-5-8(12)10-2/h3-4H,5H2,1-2H3,(H,10,12). The average Bonchev–Trinajstić information content (AvgIpc) is 2.62. The van der Waals surface area contributed by atoms with Gasteiger partial charge >= 0.3 is 0 Å². The molecule has 1 amide bonds. The van der Waals surface area contributed by atoms with Crippen LogP contribution in [0, 0.1) is 0 Å². The zero-order valence-corrected chi connectivity index (χ0v) is 8.81. The van der Waals surface area contributed by atoms with Gasteiger partial charge in [0.05, 0.1) is 4.88 Å². The number of hydrogen-bond donors (Lipinski definition) is 1. The highest BCUT2D eigenvalue weighted by Crippen LogP contribution is 2.24. The van der Waals surface area contributed by atoms with Crippen LogP contribution in [0.3, 0.4) is 0 Å². The Kier molecular flexibility index (Phi) is 3.64. The van der Waals surface area contributed by atoms with E-state index in [0.717, 1.165) is 0 Å². The van der Waals surface area contributed by atoms with Gasteiger partial charge in [-0.25, -0.2) is 0 Å². The van der Waals surface area contributed by atoms with Gasteiger partial charge in [-0.1, -0.05) is 11.3 Å². The van der Waals surface area contributed by atoms with Crippen LogP contribution in [0.1, 0.15) is 16.6 Å². The van der Waals surface area contributed by atoms with Crippen LogP contribution in [-0.2, 0) is 4.79 Å². The van der Waals surface area contributed by atoms with E-state index in [9.17, 15) is 9.59 Å². The quantitative estimate of drug-likeness (QED) is 0.761. The second-order valence-corrected chi connectivity index (χ2v) is 3.68. The summed E-state index contributed by atoms with van der Waals surface area (Å²) in [6, 6.07) is 3.37. The van der Waals surface area contributed by atoms with Crippen molar-refractivity contribution in [2.75, 3.05) is 13.7 Å². The minimum absolute atomic E-state index is 0.00444. The van der Waals surface area contributed by atoms with Gasteiger partial charge in [0.25, 0.3) is 5.91 Å². The Morgan fingerprint density at radius 1 is 1.50 bits per heavy atom. The van der Waals surface area contributed by atoms with Crippen molar-refractivity contribution in [2.24, 2.45) is 0 Å². The zero-order chi connectivity index (χ0) is 10.6. The molecule has 4 nitrogen and oxygen atoms in total.